The molecule has 1 heterocycles. The third kappa shape index (κ3) is 3.08. The average molecular weight is 112 g/mol. The van der Waals surface area contributed by atoms with Gasteiger partial charge in [0.05, 0.1) is 7.85 Å². The fraction of sp³-hybridized carbons (Fsp3) is 1.00. The first-order valence-corrected chi connectivity index (χ1v) is 3.23. The van der Waals surface area contributed by atoms with Crippen LogP contribution >= 0.6 is 0 Å². The van der Waals surface area contributed by atoms with Crippen molar-refractivity contribution in [2.75, 3.05) is 13.2 Å². The highest BCUT2D eigenvalue weighted by molar-refractivity contribution is 6.11. The fourth-order valence-electron chi connectivity index (χ4n) is 0.553. The van der Waals surface area contributed by atoms with Gasteiger partial charge in [-0.3, -0.25) is 0 Å². The second-order valence-corrected chi connectivity index (χ2v) is 1.62. The molecule has 1 aliphatic rings. The van der Waals surface area contributed by atoms with Gasteiger partial charge in [0.1, 0.15) is 0 Å². The van der Waals surface area contributed by atoms with Crippen molar-refractivity contribution in [3.63, 3.8) is 0 Å². The van der Waals surface area contributed by atoms with Crippen molar-refractivity contribution in [2.24, 2.45) is 0 Å². The molecule has 1 fully saturated rings. The van der Waals surface area contributed by atoms with Crippen molar-refractivity contribution in [3.8, 4) is 0 Å². The summed E-state index contributed by atoms with van der Waals surface area (Å²) in [5, 5.41) is 0. The molecule has 0 bridgehead atoms. The van der Waals surface area contributed by atoms with Crippen molar-refractivity contribution in [1.29, 1.82) is 0 Å². The Balaban J connectivity index is 0.000000222. The van der Waals surface area contributed by atoms with Crippen molar-refractivity contribution in [1.82, 2.24) is 0 Å². The lowest BCUT2D eigenvalue weighted by molar-refractivity contribution is 0.198. The van der Waals surface area contributed by atoms with E-state index in [1.165, 1.54) is 0 Å². The van der Waals surface area contributed by atoms with E-state index in [0.717, 1.165) is 19.6 Å². The summed E-state index contributed by atoms with van der Waals surface area (Å²) in [6, 6.07) is 0. The minimum atomic E-state index is 0.324. The molecule has 1 aliphatic heterocycles. The van der Waals surface area contributed by atoms with Crippen LogP contribution in [-0.4, -0.2) is 21.1 Å². The lowest BCUT2D eigenvalue weighted by atomic mass is 9.87. The molecule has 0 saturated carbocycles. The van der Waals surface area contributed by atoms with Gasteiger partial charge in [-0.25, -0.2) is 0 Å². The van der Waals surface area contributed by atoms with Crippen molar-refractivity contribution < 1.29 is 4.74 Å². The van der Waals surface area contributed by atoms with E-state index in [4.69, 9.17) is 12.6 Å². The first-order chi connectivity index (χ1) is 3.89. The second-order valence-electron chi connectivity index (χ2n) is 1.62. The minimum absolute atomic E-state index is 0.324. The van der Waals surface area contributed by atoms with Crippen LogP contribution in [-0.2, 0) is 4.74 Å². The van der Waals surface area contributed by atoms with Gasteiger partial charge in [-0.2, -0.15) is 0 Å². The predicted octanol–water partition coefficient (Wildman–Crippen LogP) is 1.39. The zero-order valence-corrected chi connectivity index (χ0v) is 5.68. The standard InChI is InChI=1S/C4H7BO.C2H6/c5-4-1-2-6-3-4;1-2/h4H,1-3H2;1-2H3. The zero-order valence-electron chi connectivity index (χ0n) is 5.68. The smallest absolute Gasteiger partial charge is 0.0731 e. The molecule has 1 rings (SSSR count). The molecule has 0 aromatic carbocycles. The molecule has 0 N–H and O–H groups in total. The maximum Gasteiger partial charge on any atom is 0.0731 e. The molecular weight excluding hydrogens is 98.9 g/mol. The Morgan fingerprint density at radius 3 is 2.25 bits per heavy atom. The minimum Gasteiger partial charge on any atom is -0.382 e. The molecule has 8 heavy (non-hydrogen) atoms. The van der Waals surface area contributed by atoms with Crippen LogP contribution in [0.4, 0.5) is 0 Å². The van der Waals surface area contributed by atoms with E-state index < -0.39 is 0 Å². The highest BCUT2D eigenvalue weighted by Crippen LogP contribution is 2.12. The van der Waals surface area contributed by atoms with E-state index in [-0.39, 0.29) is 0 Å². The summed E-state index contributed by atoms with van der Waals surface area (Å²) < 4.78 is 4.93. The number of hydrogen-bond donors (Lipinski definition) is 0. The lowest BCUT2D eigenvalue weighted by Crippen LogP contribution is -1.86. The second kappa shape index (κ2) is 5.17. The monoisotopic (exact) mass is 112 g/mol. The van der Waals surface area contributed by atoms with Gasteiger partial charge in [0.25, 0.3) is 0 Å². The van der Waals surface area contributed by atoms with Crippen LogP contribution in [0.15, 0.2) is 0 Å². The Bertz CT molecular complexity index is 41.8. The van der Waals surface area contributed by atoms with Crippen molar-refractivity contribution in [2.45, 2.75) is 26.1 Å². The highest BCUT2D eigenvalue weighted by atomic mass is 16.5. The van der Waals surface area contributed by atoms with E-state index in [9.17, 15) is 0 Å². The number of hydrogen-bond acceptors (Lipinski definition) is 1. The summed E-state index contributed by atoms with van der Waals surface area (Å²) in [5.41, 5.74) is 0. The van der Waals surface area contributed by atoms with Crippen LogP contribution in [0.1, 0.15) is 20.3 Å². The first kappa shape index (κ1) is 8.02. The SMILES string of the molecule is CC.[B]C1CCOC1. The van der Waals surface area contributed by atoms with Gasteiger partial charge >= 0.3 is 0 Å². The van der Waals surface area contributed by atoms with Crippen LogP contribution < -0.4 is 0 Å². The van der Waals surface area contributed by atoms with Gasteiger partial charge in [0.15, 0.2) is 0 Å². The fourth-order valence-corrected chi connectivity index (χ4v) is 0.553. The zero-order chi connectivity index (χ0) is 6.41. The van der Waals surface area contributed by atoms with Gasteiger partial charge in [0.2, 0.25) is 0 Å². The number of rotatable bonds is 0. The van der Waals surface area contributed by atoms with E-state index in [1.807, 2.05) is 13.8 Å². The molecule has 1 nitrogen and oxygen atoms in total. The molecule has 0 amide bonds. The maximum absolute atomic E-state index is 5.41. The Hall–Kier alpha value is 0.0249. The summed E-state index contributed by atoms with van der Waals surface area (Å²) in [6.07, 6.45) is 1.04. The molecular formula is C6H13BO. The van der Waals surface area contributed by atoms with Gasteiger partial charge in [-0.05, 0) is 6.42 Å². The largest absolute Gasteiger partial charge is 0.382 e. The molecule has 2 heteroatoms. The van der Waals surface area contributed by atoms with Crippen molar-refractivity contribution >= 4 is 7.85 Å². The van der Waals surface area contributed by atoms with Crippen LogP contribution in [0.2, 0.25) is 5.82 Å². The molecule has 0 aromatic rings. The summed E-state index contributed by atoms with van der Waals surface area (Å²) >= 11 is 0. The highest BCUT2D eigenvalue weighted by Gasteiger charge is 2.07. The molecule has 0 aromatic heterocycles. The van der Waals surface area contributed by atoms with Gasteiger partial charge < -0.3 is 4.74 Å². The Morgan fingerprint density at radius 1 is 1.50 bits per heavy atom. The third-order valence-corrected chi connectivity index (χ3v) is 0.965. The summed E-state index contributed by atoms with van der Waals surface area (Å²) in [6.45, 7) is 5.63. The lowest BCUT2D eigenvalue weighted by Gasteiger charge is -1.89. The van der Waals surface area contributed by atoms with E-state index >= 15 is 0 Å². The molecule has 0 aliphatic carbocycles. The average Bonchev–Trinajstić information content (AvgIpc) is 2.24. The molecule has 1 unspecified atom stereocenters. The third-order valence-electron chi connectivity index (χ3n) is 0.965. The number of ether oxygens (including phenoxy) is 1. The molecule has 1 saturated heterocycles. The van der Waals surface area contributed by atoms with Gasteiger partial charge in [-0.15, -0.1) is 0 Å². The van der Waals surface area contributed by atoms with Crippen LogP contribution in [0.3, 0.4) is 0 Å². The Kier molecular flexibility index (Phi) is 5.18. The topological polar surface area (TPSA) is 9.23 Å². The van der Waals surface area contributed by atoms with Gasteiger partial charge in [-0.1, -0.05) is 19.7 Å². The van der Waals surface area contributed by atoms with Crippen LogP contribution in [0.5, 0.6) is 0 Å². The summed E-state index contributed by atoms with van der Waals surface area (Å²) in [5.74, 6) is 0.324. The molecule has 46 valence electrons. The summed E-state index contributed by atoms with van der Waals surface area (Å²) in [4.78, 5) is 0. The quantitative estimate of drug-likeness (QED) is 0.430. The molecule has 2 radical (unpaired) electrons. The van der Waals surface area contributed by atoms with E-state index in [1.54, 1.807) is 0 Å². The summed E-state index contributed by atoms with van der Waals surface area (Å²) in [7, 11) is 5.41. The first-order valence-electron chi connectivity index (χ1n) is 3.23. The Morgan fingerprint density at radius 2 is 2.12 bits per heavy atom. The Labute approximate surface area is 52.8 Å². The van der Waals surface area contributed by atoms with E-state index in [2.05, 4.69) is 0 Å². The van der Waals surface area contributed by atoms with Crippen molar-refractivity contribution in [3.05, 3.63) is 0 Å². The molecule has 1 atom stereocenters. The van der Waals surface area contributed by atoms with Crippen LogP contribution in [0.25, 0.3) is 0 Å². The maximum atomic E-state index is 5.41. The van der Waals surface area contributed by atoms with E-state index in [0.29, 0.717) is 5.82 Å². The molecule has 0 spiro atoms. The van der Waals surface area contributed by atoms with Crippen LogP contribution in [0, 0.1) is 0 Å². The normalized spacial score (nSPS) is 26.5. The van der Waals surface area contributed by atoms with Gasteiger partial charge in [0, 0.05) is 13.2 Å². The predicted molar refractivity (Wildman–Crippen MR) is 36.3 cm³/mol.